The third-order valence-electron chi connectivity index (χ3n) is 7.02. The van der Waals surface area contributed by atoms with Gasteiger partial charge in [-0.3, -0.25) is 9.59 Å². The molecule has 10 nitrogen and oxygen atoms in total. The minimum atomic E-state index is -0.969. The minimum absolute atomic E-state index is 0.125. The van der Waals surface area contributed by atoms with Crippen LogP contribution in [0.1, 0.15) is 56.9 Å². The third-order valence-corrected chi connectivity index (χ3v) is 7.02. The summed E-state index contributed by atoms with van der Waals surface area (Å²) in [5, 5.41) is 2.71. The molecule has 3 aromatic rings. The van der Waals surface area contributed by atoms with Crippen LogP contribution in [0.25, 0.3) is 11.1 Å². The zero-order valence-corrected chi connectivity index (χ0v) is 24.9. The van der Waals surface area contributed by atoms with Gasteiger partial charge in [-0.2, -0.15) is 0 Å². The van der Waals surface area contributed by atoms with Crippen molar-refractivity contribution in [2.24, 2.45) is 0 Å². The summed E-state index contributed by atoms with van der Waals surface area (Å²) >= 11 is 0. The smallest absolute Gasteiger partial charge is 0.329 e. The molecule has 10 heteroatoms. The molecule has 1 aliphatic heterocycles. The van der Waals surface area contributed by atoms with Crippen molar-refractivity contribution >= 4 is 17.8 Å². The molecule has 4 atom stereocenters. The molecular formula is C33H38N2O8. The van der Waals surface area contributed by atoms with Gasteiger partial charge >= 0.3 is 11.9 Å². The SMILES string of the molecule is CCCO[C@H]1CCC[C@H](NC(=O)c2nccc(OC)c2OC(C)=O)C(=O)O[C@@H](C)[C@@H]1Oc1ccc(-c2ccccc2)cc1. The maximum atomic E-state index is 13.3. The van der Waals surface area contributed by atoms with Gasteiger partial charge in [-0.1, -0.05) is 49.4 Å². The first-order valence-electron chi connectivity index (χ1n) is 14.5. The van der Waals surface area contributed by atoms with Gasteiger partial charge in [-0.15, -0.1) is 0 Å². The predicted molar refractivity (Wildman–Crippen MR) is 159 cm³/mol. The van der Waals surface area contributed by atoms with E-state index in [1.165, 1.54) is 26.3 Å². The maximum Gasteiger partial charge on any atom is 0.329 e. The number of aromatic nitrogens is 1. The summed E-state index contributed by atoms with van der Waals surface area (Å²) in [5.74, 6) is -1.29. The number of nitrogens with one attached hydrogen (secondary N) is 1. The van der Waals surface area contributed by atoms with Crippen LogP contribution in [0.4, 0.5) is 0 Å². The van der Waals surface area contributed by atoms with Gasteiger partial charge in [0, 0.05) is 25.8 Å². The summed E-state index contributed by atoms with van der Waals surface area (Å²) < 4.78 is 28.9. The molecule has 0 spiro atoms. The van der Waals surface area contributed by atoms with Gasteiger partial charge in [0.2, 0.25) is 5.75 Å². The number of hydrogen-bond donors (Lipinski definition) is 1. The maximum absolute atomic E-state index is 13.3. The zero-order valence-electron chi connectivity index (χ0n) is 24.9. The fraction of sp³-hybridized carbons (Fsp3) is 0.394. The van der Waals surface area contributed by atoms with E-state index in [1.807, 2.05) is 61.5 Å². The van der Waals surface area contributed by atoms with E-state index in [0.717, 1.165) is 17.5 Å². The number of hydrogen-bond acceptors (Lipinski definition) is 9. The average Bonchev–Trinajstić information content (AvgIpc) is 3.05. The molecule has 0 bridgehead atoms. The van der Waals surface area contributed by atoms with Crippen molar-refractivity contribution in [3.63, 3.8) is 0 Å². The van der Waals surface area contributed by atoms with E-state index in [1.54, 1.807) is 6.92 Å². The Morgan fingerprint density at radius 1 is 1.02 bits per heavy atom. The van der Waals surface area contributed by atoms with Crippen LogP contribution in [0.2, 0.25) is 0 Å². The molecule has 1 aliphatic rings. The number of carbonyl (C=O) groups excluding carboxylic acids is 3. The average molecular weight is 591 g/mol. The molecule has 0 aliphatic carbocycles. The number of amides is 1. The highest BCUT2D eigenvalue weighted by Crippen LogP contribution is 2.30. The van der Waals surface area contributed by atoms with E-state index >= 15 is 0 Å². The lowest BCUT2D eigenvalue weighted by Gasteiger charge is -2.31. The Morgan fingerprint density at radius 2 is 1.74 bits per heavy atom. The molecule has 1 N–H and O–H groups in total. The number of benzene rings is 2. The molecule has 1 amide bonds. The molecule has 0 radical (unpaired) electrons. The van der Waals surface area contributed by atoms with Crippen LogP contribution in [-0.2, 0) is 19.1 Å². The monoisotopic (exact) mass is 590 g/mol. The van der Waals surface area contributed by atoms with Crippen LogP contribution in [0.5, 0.6) is 17.2 Å². The van der Waals surface area contributed by atoms with E-state index < -0.39 is 36.1 Å². The third kappa shape index (κ3) is 8.32. The first kappa shape index (κ1) is 31.5. The van der Waals surface area contributed by atoms with Gasteiger partial charge in [-0.25, -0.2) is 9.78 Å². The molecule has 43 heavy (non-hydrogen) atoms. The molecular weight excluding hydrogens is 552 g/mol. The lowest BCUT2D eigenvalue weighted by molar-refractivity contribution is -0.159. The molecule has 2 aromatic carbocycles. The number of nitrogens with zero attached hydrogens (tertiary/aromatic N) is 1. The van der Waals surface area contributed by atoms with Gasteiger partial charge in [0.05, 0.1) is 13.2 Å². The van der Waals surface area contributed by atoms with Crippen LogP contribution in [0.15, 0.2) is 66.9 Å². The largest absolute Gasteiger partial charge is 0.493 e. The molecule has 1 aromatic heterocycles. The molecule has 4 rings (SSSR count). The predicted octanol–water partition coefficient (Wildman–Crippen LogP) is 5.14. The van der Waals surface area contributed by atoms with Crippen LogP contribution >= 0.6 is 0 Å². The van der Waals surface area contributed by atoms with Gasteiger partial charge in [-0.05, 0) is 55.9 Å². The Balaban J connectivity index is 1.51. The normalized spacial score (nSPS) is 20.5. The number of ether oxygens (including phenoxy) is 5. The quantitative estimate of drug-likeness (QED) is 0.320. The topological polar surface area (TPSA) is 122 Å². The molecule has 0 unspecified atom stereocenters. The molecule has 1 saturated heterocycles. The Labute approximate surface area is 251 Å². The number of pyridine rings is 1. The second kappa shape index (κ2) is 15.2. The van der Waals surface area contributed by atoms with Crippen molar-refractivity contribution in [3.05, 3.63) is 72.6 Å². The number of carbonyl (C=O) groups is 3. The second-order valence-electron chi connectivity index (χ2n) is 10.3. The van der Waals surface area contributed by atoms with Gasteiger partial charge < -0.3 is 29.0 Å². The van der Waals surface area contributed by atoms with Crippen molar-refractivity contribution in [2.75, 3.05) is 13.7 Å². The van der Waals surface area contributed by atoms with E-state index in [9.17, 15) is 14.4 Å². The van der Waals surface area contributed by atoms with E-state index in [2.05, 4.69) is 10.3 Å². The lowest BCUT2D eigenvalue weighted by Crippen LogP contribution is -2.46. The van der Waals surface area contributed by atoms with Crippen molar-refractivity contribution in [1.29, 1.82) is 0 Å². The van der Waals surface area contributed by atoms with Crippen LogP contribution in [0, 0.1) is 0 Å². The Hall–Kier alpha value is -4.44. The minimum Gasteiger partial charge on any atom is -0.493 e. The summed E-state index contributed by atoms with van der Waals surface area (Å²) in [6.45, 7) is 5.52. The Kier molecular flexibility index (Phi) is 11.1. The van der Waals surface area contributed by atoms with Crippen molar-refractivity contribution < 1.29 is 38.1 Å². The standard InChI is InChI=1S/C33H38N2O8/c1-5-20-40-28-13-9-12-26(35-32(37)29-31(42-22(3)36)27(39-4)18-19-34-29)33(38)41-21(2)30(28)43-25-16-14-24(15-17-25)23-10-7-6-8-11-23/h6-8,10-11,14-19,21,26,28,30H,5,9,12-13,20H2,1-4H3,(H,35,37)/t21-,26-,28-,30-/m0/s1. The fourth-order valence-corrected chi connectivity index (χ4v) is 4.93. The number of esters is 2. The molecule has 1 fully saturated rings. The Bertz CT molecular complexity index is 1380. The number of rotatable bonds is 10. The van der Waals surface area contributed by atoms with Gasteiger partial charge in [0.1, 0.15) is 17.9 Å². The first-order valence-corrected chi connectivity index (χ1v) is 14.5. The Morgan fingerprint density at radius 3 is 2.42 bits per heavy atom. The van der Waals surface area contributed by atoms with Gasteiger partial charge in [0.25, 0.3) is 5.91 Å². The van der Waals surface area contributed by atoms with E-state index in [4.69, 9.17) is 23.7 Å². The lowest BCUT2D eigenvalue weighted by atomic mass is 10.0. The summed E-state index contributed by atoms with van der Waals surface area (Å²) in [5.41, 5.74) is 1.97. The first-order chi connectivity index (χ1) is 20.8. The fourth-order valence-electron chi connectivity index (χ4n) is 4.93. The zero-order chi connectivity index (χ0) is 30.8. The summed E-state index contributed by atoms with van der Waals surface area (Å²) in [6, 6.07) is 18.3. The van der Waals surface area contributed by atoms with Crippen LogP contribution in [-0.4, -0.2) is 60.9 Å². The van der Waals surface area contributed by atoms with Crippen LogP contribution in [0.3, 0.4) is 0 Å². The van der Waals surface area contributed by atoms with Crippen LogP contribution < -0.4 is 19.5 Å². The van der Waals surface area contributed by atoms with Crippen molar-refractivity contribution in [2.45, 2.75) is 70.8 Å². The van der Waals surface area contributed by atoms with E-state index in [-0.39, 0.29) is 23.3 Å². The van der Waals surface area contributed by atoms with Crippen molar-refractivity contribution in [1.82, 2.24) is 10.3 Å². The van der Waals surface area contributed by atoms with Gasteiger partial charge in [0.15, 0.2) is 17.5 Å². The summed E-state index contributed by atoms with van der Waals surface area (Å²) in [7, 11) is 1.38. The summed E-state index contributed by atoms with van der Waals surface area (Å²) in [6.07, 6.45) is 1.99. The summed E-state index contributed by atoms with van der Waals surface area (Å²) in [4.78, 5) is 42.3. The number of cyclic esters (lactones) is 1. The molecule has 228 valence electrons. The number of methoxy groups -OCH3 is 1. The molecule has 0 saturated carbocycles. The highest BCUT2D eigenvalue weighted by Gasteiger charge is 2.37. The molecule has 2 heterocycles. The van der Waals surface area contributed by atoms with Crippen molar-refractivity contribution in [3.8, 4) is 28.4 Å². The highest BCUT2D eigenvalue weighted by atomic mass is 16.6. The highest BCUT2D eigenvalue weighted by molar-refractivity contribution is 5.98. The van der Waals surface area contributed by atoms with E-state index in [0.29, 0.717) is 31.6 Å². The second-order valence-corrected chi connectivity index (χ2v) is 10.3.